The van der Waals surface area contributed by atoms with E-state index in [1.165, 1.54) is 25.6 Å². The fraction of sp³-hybridized carbons (Fsp3) is 0.471. The molecule has 2 rings (SSSR count). The van der Waals surface area contributed by atoms with Gasteiger partial charge in [-0.3, -0.25) is 9.40 Å². The van der Waals surface area contributed by atoms with E-state index >= 15 is 0 Å². The minimum absolute atomic E-state index is 0.120. The fourth-order valence-electron chi connectivity index (χ4n) is 2.55. The second-order valence-corrected chi connectivity index (χ2v) is 8.30. The van der Waals surface area contributed by atoms with E-state index < -0.39 is 58.9 Å². The molecule has 1 heterocycles. The van der Waals surface area contributed by atoms with Crippen LogP contribution < -0.4 is 14.2 Å². The number of anilines is 1. The number of halogens is 7. The van der Waals surface area contributed by atoms with Crippen LogP contribution in [0.2, 0.25) is 0 Å². The van der Waals surface area contributed by atoms with Crippen LogP contribution in [-0.2, 0) is 17.1 Å². The zero-order valence-corrected chi connectivity index (χ0v) is 17.6. The number of aromatic nitrogens is 2. The fourth-order valence-corrected chi connectivity index (χ4v) is 4.04. The second-order valence-electron chi connectivity index (χ2n) is 6.68. The van der Waals surface area contributed by atoms with E-state index in [0.29, 0.717) is 0 Å². The summed E-state index contributed by atoms with van der Waals surface area (Å²) in [6, 6.07) is 2.41. The third-order valence-corrected chi connectivity index (χ3v) is 5.63. The minimum Gasteiger partial charge on any atom is -0.487 e. The number of benzene rings is 1. The molecule has 1 N–H and O–H groups in total. The maximum atomic E-state index is 13.1. The number of alkyl halides is 7. The van der Waals surface area contributed by atoms with Crippen LogP contribution in [0.15, 0.2) is 23.1 Å². The third kappa shape index (κ3) is 6.40. The average Bonchev–Trinajstić information content (AvgIpc) is 2.89. The molecule has 0 saturated heterocycles. The van der Waals surface area contributed by atoms with Crippen molar-refractivity contribution in [3.8, 4) is 11.5 Å². The largest absolute Gasteiger partial charge is 0.487 e. The molecule has 7 nitrogen and oxygen atoms in total. The van der Waals surface area contributed by atoms with Gasteiger partial charge in [-0.2, -0.15) is 27.1 Å². The van der Waals surface area contributed by atoms with Crippen LogP contribution in [0.3, 0.4) is 0 Å². The SMILES string of the molecule is Cc1nn(C)c(C)c1S(=O)(=O)Nc1cc(OCC(F)(F)F)cc(OCC(F)(F)C(F)F)c1. The summed E-state index contributed by atoms with van der Waals surface area (Å²) in [6.07, 6.45) is -8.81. The molecule has 1 aromatic heterocycles. The first-order chi connectivity index (χ1) is 14.5. The van der Waals surface area contributed by atoms with Gasteiger partial charge < -0.3 is 9.47 Å². The molecule has 0 bridgehead atoms. The summed E-state index contributed by atoms with van der Waals surface area (Å²) in [5.74, 6) is -5.77. The molecule has 32 heavy (non-hydrogen) atoms. The highest BCUT2D eigenvalue weighted by atomic mass is 32.2. The first-order valence-electron chi connectivity index (χ1n) is 8.68. The van der Waals surface area contributed by atoms with E-state index in [2.05, 4.69) is 19.3 Å². The molecular formula is C17H18F7N3O4S. The standard InChI is InChI=1S/C17H18F7N3O4S/c1-9-14(10(2)27(3)25-9)32(28,29)26-11-4-12(30-7-16(20,21)15(18)19)6-13(5-11)31-8-17(22,23)24/h4-6,15,26H,7-8H2,1-3H3. The summed E-state index contributed by atoms with van der Waals surface area (Å²) in [4.78, 5) is -0.215. The Morgan fingerprint density at radius 2 is 1.56 bits per heavy atom. The molecule has 0 aliphatic carbocycles. The lowest BCUT2D eigenvalue weighted by Crippen LogP contribution is -2.33. The maximum Gasteiger partial charge on any atom is 0.422 e. The van der Waals surface area contributed by atoms with E-state index in [1.807, 2.05) is 0 Å². The summed E-state index contributed by atoms with van der Waals surface area (Å²) in [5.41, 5.74) is -0.0507. The van der Waals surface area contributed by atoms with Crippen LogP contribution in [0.1, 0.15) is 11.4 Å². The molecule has 0 saturated carbocycles. The summed E-state index contributed by atoms with van der Waals surface area (Å²) in [7, 11) is -2.83. The molecule has 2 aromatic rings. The smallest absolute Gasteiger partial charge is 0.422 e. The Morgan fingerprint density at radius 1 is 1.03 bits per heavy atom. The van der Waals surface area contributed by atoms with Crippen LogP contribution in [0.5, 0.6) is 11.5 Å². The van der Waals surface area contributed by atoms with Gasteiger partial charge in [0.05, 0.1) is 17.1 Å². The van der Waals surface area contributed by atoms with E-state index in [1.54, 1.807) is 0 Å². The van der Waals surface area contributed by atoms with E-state index in [0.717, 1.165) is 18.2 Å². The van der Waals surface area contributed by atoms with Crippen molar-refractivity contribution in [3.63, 3.8) is 0 Å². The van der Waals surface area contributed by atoms with Gasteiger partial charge in [0.1, 0.15) is 16.4 Å². The van der Waals surface area contributed by atoms with Gasteiger partial charge in [0, 0.05) is 25.2 Å². The zero-order valence-electron chi connectivity index (χ0n) is 16.8. The Hall–Kier alpha value is -2.71. The second kappa shape index (κ2) is 9.03. The molecule has 15 heteroatoms. The lowest BCUT2D eigenvalue weighted by atomic mass is 10.3. The number of nitrogens with one attached hydrogen (secondary N) is 1. The van der Waals surface area contributed by atoms with Crippen molar-refractivity contribution >= 4 is 15.7 Å². The Balaban J connectivity index is 2.39. The molecule has 0 aliphatic rings. The van der Waals surface area contributed by atoms with Crippen LogP contribution in [0.25, 0.3) is 0 Å². The molecule has 0 radical (unpaired) electrons. The third-order valence-electron chi connectivity index (χ3n) is 4.00. The number of aryl methyl sites for hydroxylation is 2. The van der Waals surface area contributed by atoms with Crippen molar-refractivity contribution in [3.05, 3.63) is 29.6 Å². The number of ether oxygens (including phenoxy) is 2. The Kier molecular flexibility index (Phi) is 7.21. The van der Waals surface area contributed by atoms with Crippen LogP contribution in [0.4, 0.5) is 36.4 Å². The summed E-state index contributed by atoms with van der Waals surface area (Å²) < 4.78 is 126. The Morgan fingerprint density at radius 3 is 2.00 bits per heavy atom. The molecule has 0 unspecified atom stereocenters. The minimum atomic E-state index is -4.76. The van der Waals surface area contributed by atoms with E-state index in [9.17, 15) is 39.2 Å². The number of hydrogen-bond donors (Lipinski definition) is 1. The Bertz CT molecular complexity index is 1070. The van der Waals surface area contributed by atoms with Crippen molar-refractivity contribution < 1.29 is 48.6 Å². The van der Waals surface area contributed by atoms with Crippen LogP contribution in [0, 0.1) is 13.8 Å². The Labute approximate surface area is 178 Å². The van der Waals surface area contributed by atoms with Gasteiger partial charge in [-0.25, -0.2) is 17.2 Å². The molecule has 180 valence electrons. The number of hydrogen-bond acceptors (Lipinski definition) is 5. The predicted molar refractivity (Wildman–Crippen MR) is 97.9 cm³/mol. The van der Waals surface area contributed by atoms with Crippen molar-refractivity contribution in [1.29, 1.82) is 0 Å². The van der Waals surface area contributed by atoms with Gasteiger partial charge in [-0.15, -0.1) is 0 Å². The maximum absolute atomic E-state index is 13.1. The van der Waals surface area contributed by atoms with E-state index in [4.69, 9.17) is 0 Å². The summed E-state index contributed by atoms with van der Waals surface area (Å²) >= 11 is 0. The zero-order chi connectivity index (χ0) is 24.5. The first kappa shape index (κ1) is 25.5. The van der Waals surface area contributed by atoms with Crippen LogP contribution >= 0.6 is 0 Å². The number of rotatable bonds is 9. The van der Waals surface area contributed by atoms with Crippen molar-refractivity contribution in [2.45, 2.75) is 37.3 Å². The molecular weight excluding hydrogens is 475 g/mol. The number of sulfonamides is 1. The molecule has 1 aromatic carbocycles. The van der Waals surface area contributed by atoms with Crippen molar-refractivity contribution in [2.75, 3.05) is 17.9 Å². The molecule has 0 atom stereocenters. The molecule has 0 amide bonds. The number of nitrogens with zero attached hydrogens (tertiary/aromatic N) is 2. The average molecular weight is 493 g/mol. The highest BCUT2D eigenvalue weighted by Crippen LogP contribution is 2.32. The van der Waals surface area contributed by atoms with Crippen molar-refractivity contribution in [2.24, 2.45) is 7.05 Å². The quantitative estimate of drug-likeness (QED) is 0.533. The molecule has 0 fully saturated rings. The topological polar surface area (TPSA) is 82.5 Å². The van der Waals surface area contributed by atoms with Gasteiger partial charge >= 0.3 is 18.5 Å². The van der Waals surface area contributed by atoms with Gasteiger partial charge in [0.15, 0.2) is 13.2 Å². The summed E-state index contributed by atoms with van der Waals surface area (Å²) in [6.45, 7) is -0.721. The lowest BCUT2D eigenvalue weighted by molar-refractivity contribution is -0.153. The first-order valence-corrected chi connectivity index (χ1v) is 10.2. The van der Waals surface area contributed by atoms with Gasteiger partial charge in [-0.05, 0) is 13.8 Å². The molecule has 0 aliphatic heterocycles. The van der Waals surface area contributed by atoms with Crippen LogP contribution in [-0.4, -0.2) is 49.9 Å². The van der Waals surface area contributed by atoms with Gasteiger partial charge in [0.25, 0.3) is 10.0 Å². The lowest BCUT2D eigenvalue weighted by Gasteiger charge is -2.18. The monoisotopic (exact) mass is 493 g/mol. The highest BCUT2D eigenvalue weighted by molar-refractivity contribution is 7.92. The van der Waals surface area contributed by atoms with Crippen molar-refractivity contribution in [1.82, 2.24) is 9.78 Å². The summed E-state index contributed by atoms with van der Waals surface area (Å²) in [5, 5.41) is 3.95. The predicted octanol–water partition coefficient (Wildman–Crippen LogP) is 4.06. The van der Waals surface area contributed by atoms with Gasteiger partial charge in [0.2, 0.25) is 0 Å². The normalized spacial score (nSPS) is 12.8. The highest BCUT2D eigenvalue weighted by Gasteiger charge is 2.41. The van der Waals surface area contributed by atoms with Gasteiger partial charge in [-0.1, -0.05) is 0 Å². The van der Waals surface area contributed by atoms with E-state index in [-0.39, 0.29) is 16.3 Å². The molecule has 0 spiro atoms.